The van der Waals surface area contributed by atoms with E-state index in [0.717, 1.165) is 23.2 Å². The summed E-state index contributed by atoms with van der Waals surface area (Å²) in [7, 11) is 0. The van der Waals surface area contributed by atoms with Gasteiger partial charge in [0.25, 0.3) is 5.91 Å². The second-order valence-electron chi connectivity index (χ2n) is 5.91. The van der Waals surface area contributed by atoms with Crippen molar-refractivity contribution in [2.24, 2.45) is 0 Å². The van der Waals surface area contributed by atoms with Crippen LogP contribution < -0.4 is 5.32 Å². The highest BCUT2D eigenvalue weighted by molar-refractivity contribution is 6.05. The summed E-state index contributed by atoms with van der Waals surface area (Å²) in [6, 6.07) is 17.9. The van der Waals surface area contributed by atoms with Crippen molar-refractivity contribution >= 4 is 11.6 Å². The van der Waals surface area contributed by atoms with Gasteiger partial charge in [0, 0.05) is 18.3 Å². The molecule has 0 aliphatic rings. The number of aromatic nitrogens is 2. The van der Waals surface area contributed by atoms with Gasteiger partial charge in [-0.1, -0.05) is 55.5 Å². The normalized spacial score (nSPS) is 10.5. The highest BCUT2D eigenvalue weighted by Gasteiger charge is 2.13. The Hall–Kier alpha value is -3.01. The summed E-state index contributed by atoms with van der Waals surface area (Å²) in [6.07, 6.45) is 3.13. The zero-order valence-corrected chi connectivity index (χ0v) is 14.5. The van der Waals surface area contributed by atoms with E-state index in [1.165, 1.54) is 0 Å². The highest BCUT2D eigenvalue weighted by atomic mass is 16.1. The molecular weight excluding hydrogens is 310 g/mol. The minimum Gasteiger partial charge on any atom is -0.322 e. The first kappa shape index (κ1) is 16.8. The smallest absolute Gasteiger partial charge is 0.259 e. The first-order valence-electron chi connectivity index (χ1n) is 8.43. The van der Waals surface area contributed by atoms with E-state index in [1.807, 2.05) is 61.5 Å². The van der Waals surface area contributed by atoms with Crippen LogP contribution in [0, 0.1) is 6.92 Å². The summed E-state index contributed by atoms with van der Waals surface area (Å²) < 4.78 is 0. The summed E-state index contributed by atoms with van der Waals surface area (Å²) in [5.74, 6) is 0.541. The number of rotatable bonds is 5. The number of amides is 1. The van der Waals surface area contributed by atoms with Crippen molar-refractivity contribution in [3.8, 4) is 0 Å². The van der Waals surface area contributed by atoms with E-state index in [1.54, 1.807) is 6.20 Å². The minimum atomic E-state index is -0.176. The van der Waals surface area contributed by atoms with Gasteiger partial charge in [-0.3, -0.25) is 4.79 Å². The molecule has 0 bridgehead atoms. The third-order valence-electron chi connectivity index (χ3n) is 4.13. The summed E-state index contributed by atoms with van der Waals surface area (Å²) in [6.45, 7) is 3.91. The molecule has 0 aliphatic heterocycles. The zero-order chi connectivity index (χ0) is 17.6. The molecule has 0 saturated heterocycles. The van der Waals surface area contributed by atoms with Gasteiger partial charge in [-0.15, -0.1) is 0 Å². The second kappa shape index (κ2) is 7.71. The molecule has 0 aliphatic carbocycles. The largest absolute Gasteiger partial charge is 0.322 e. The highest BCUT2D eigenvalue weighted by Crippen LogP contribution is 2.17. The third-order valence-corrected chi connectivity index (χ3v) is 4.13. The van der Waals surface area contributed by atoms with Crippen LogP contribution in [0.15, 0.2) is 60.8 Å². The predicted molar refractivity (Wildman–Crippen MR) is 99.8 cm³/mol. The molecule has 1 amide bonds. The molecule has 126 valence electrons. The Bertz CT molecular complexity index is 875. The van der Waals surface area contributed by atoms with E-state index in [0.29, 0.717) is 23.5 Å². The van der Waals surface area contributed by atoms with Gasteiger partial charge in [0.2, 0.25) is 0 Å². The topological polar surface area (TPSA) is 54.9 Å². The Balaban J connectivity index is 1.77. The van der Waals surface area contributed by atoms with Crippen molar-refractivity contribution in [2.45, 2.75) is 26.7 Å². The first-order chi connectivity index (χ1) is 12.2. The maximum atomic E-state index is 12.6. The Morgan fingerprint density at radius 2 is 1.76 bits per heavy atom. The lowest BCUT2D eigenvalue weighted by Gasteiger charge is -2.11. The standard InChI is InChI=1S/C21H21N3O/c1-3-17-11-7-8-12-19(17)24-21(25)18-14-22-20(23-15(18)2)13-16-9-5-4-6-10-16/h4-12,14H,3,13H2,1-2H3,(H,24,25). The number of nitrogens with one attached hydrogen (secondary N) is 1. The van der Waals surface area contributed by atoms with Crippen molar-refractivity contribution in [3.05, 3.63) is 89.0 Å². The number of aryl methyl sites for hydroxylation is 2. The molecule has 0 fully saturated rings. The first-order valence-corrected chi connectivity index (χ1v) is 8.43. The summed E-state index contributed by atoms with van der Waals surface area (Å²) >= 11 is 0. The Morgan fingerprint density at radius 1 is 1.04 bits per heavy atom. The molecule has 4 nitrogen and oxygen atoms in total. The molecule has 1 aromatic heterocycles. The summed E-state index contributed by atoms with van der Waals surface area (Å²) in [5.41, 5.74) is 4.28. The fraction of sp³-hybridized carbons (Fsp3) is 0.190. The average molecular weight is 331 g/mol. The van der Waals surface area contributed by atoms with Crippen molar-refractivity contribution in [1.29, 1.82) is 0 Å². The number of carbonyl (C=O) groups is 1. The van der Waals surface area contributed by atoms with Crippen LogP contribution in [0.25, 0.3) is 0 Å². The fourth-order valence-corrected chi connectivity index (χ4v) is 2.74. The Labute approximate surface area is 148 Å². The molecule has 3 rings (SSSR count). The molecule has 2 aromatic carbocycles. The van der Waals surface area contributed by atoms with Gasteiger partial charge >= 0.3 is 0 Å². The van der Waals surface area contributed by atoms with Crippen LogP contribution in [0.1, 0.15) is 39.9 Å². The monoisotopic (exact) mass is 331 g/mol. The van der Waals surface area contributed by atoms with Crippen molar-refractivity contribution in [3.63, 3.8) is 0 Å². The predicted octanol–water partition coefficient (Wildman–Crippen LogP) is 4.19. The fourth-order valence-electron chi connectivity index (χ4n) is 2.74. The lowest BCUT2D eigenvalue weighted by Crippen LogP contribution is -2.16. The number of nitrogens with zero attached hydrogens (tertiary/aromatic N) is 2. The van der Waals surface area contributed by atoms with E-state index in [9.17, 15) is 4.79 Å². The molecule has 0 radical (unpaired) electrons. The summed E-state index contributed by atoms with van der Waals surface area (Å²) in [4.78, 5) is 21.5. The van der Waals surface area contributed by atoms with Crippen LogP contribution in [0.4, 0.5) is 5.69 Å². The van der Waals surface area contributed by atoms with Crippen LogP contribution >= 0.6 is 0 Å². The van der Waals surface area contributed by atoms with E-state index in [2.05, 4.69) is 22.2 Å². The summed E-state index contributed by atoms with van der Waals surface area (Å²) in [5, 5.41) is 2.97. The van der Waals surface area contributed by atoms with Gasteiger partial charge in [-0.2, -0.15) is 0 Å². The number of hydrogen-bond acceptors (Lipinski definition) is 3. The molecule has 25 heavy (non-hydrogen) atoms. The van der Waals surface area contributed by atoms with Crippen molar-refractivity contribution < 1.29 is 4.79 Å². The molecular formula is C21H21N3O. The van der Waals surface area contributed by atoms with Crippen LogP contribution in [-0.4, -0.2) is 15.9 Å². The van der Waals surface area contributed by atoms with Crippen LogP contribution in [0.5, 0.6) is 0 Å². The van der Waals surface area contributed by atoms with Gasteiger partial charge < -0.3 is 5.32 Å². The maximum absolute atomic E-state index is 12.6. The van der Waals surface area contributed by atoms with E-state index in [-0.39, 0.29) is 5.91 Å². The number of carbonyl (C=O) groups excluding carboxylic acids is 1. The van der Waals surface area contributed by atoms with Crippen LogP contribution in [0.2, 0.25) is 0 Å². The maximum Gasteiger partial charge on any atom is 0.259 e. The number of anilines is 1. The second-order valence-corrected chi connectivity index (χ2v) is 5.91. The van der Waals surface area contributed by atoms with E-state index >= 15 is 0 Å². The number of benzene rings is 2. The van der Waals surface area contributed by atoms with Crippen LogP contribution in [0.3, 0.4) is 0 Å². The molecule has 0 unspecified atom stereocenters. The number of para-hydroxylation sites is 1. The van der Waals surface area contributed by atoms with Crippen LogP contribution in [-0.2, 0) is 12.8 Å². The average Bonchev–Trinajstić information content (AvgIpc) is 2.63. The molecule has 4 heteroatoms. The van der Waals surface area contributed by atoms with E-state index in [4.69, 9.17) is 0 Å². The quantitative estimate of drug-likeness (QED) is 0.762. The molecule has 0 spiro atoms. The zero-order valence-electron chi connectivity index (χ0n) is 14.5. The molecule has 0 saturated carbocycles. The van der Waals surface area contributed by atoms with Gasteiger partial charge in [-0.05, 0) is 30.5 Å². The van der Waals surface area contributed by atoms with Crippen molar-refractivity contribution in [1.82, 2.24) is 9.97 Å². The van der Waals surface area contributed by atoms with E-state index < -0.39 is 0 Å². The van der Waals surface area contributed by atoms with Gasteiger partial charge in [0.15, 0.2) is 0 Å². The Morgan fingerprint density at radius 3 is 2.48 bits per heavy atom. The molecule has 1 N–H and O–H groups in total. The van der Waals surface area contributed by atoms with Gasteiger partial charge in [-0.25, -0.2) is 9.97 Å². The molecule has 0 atom stereocenters. The molecule has 3 aromatic rings. The van der Waals surface area contributed by atoms with Gasteiger partial charge in [0.1, 0.15) is 5.82 Å². The third kappa shape index (κ3) is 4.10. The van der Waals surface area contributed by atoms with Crippen molar-refractivity contribution in [2.75, 3.05) is 5.32 Å². The Kier molecular flexibility index (Phi) is 5.19. The number of hydrogen-bond donors (Lipinski definition) is 1. The molecule has 1 heterocycles. The lowest BCUT2D eigenvalue weighted by molar-refractivity contribution is 0.102. The van der Waals surface area contributed by atoms with Gasteiger partial charge in [0.05, 0.1) is 11.3 Å². The minimum absolute atomic E-state index is 0.176. The SMILES string of the molecule is CCc1ccccc1NC(=O)c1cnc(Cc2ccccc2)nc1C. The lowest BCUT2D eigenvalue weighted by atomic mass is 10.1.